The number of nitrogens with one attached hydrogen (secondary N) is 1. The molecule has 0 bridgehead atoms. The number of rotatable bonds is 6. The minimum absolute atomic E-state index is 0.0684. The molecule has 2 rings (SSSR count). The zero-order valence-electron chi connectivity index (χ0n) is 17.6. The second-order valence-corrected chi connectivity index (χ2v) is 9.20. The van der Waals surface area contributed by atoms with E-state index in [0.717, 1.165) is 12.8 Å². The number of hydrogen-bond donors (Lipinski definition) is 2. The van der Waals surface area contributed by atoms with Crippen molar-refractivity contribution in [3.63, 3.8) is 0 Å². The molecular formula is C20H37N3O3. The van der Waals surface area contributed by atoms with E-state index in [9.17, 15) is 9.59 Å². The van der Waals surface area contributed by atoms with E-state index in [4.69, 9.17) is 10.5 Å². The molecule has 0 aliphatic carbocycles. The van der Waals surface area contributed by atoms with E-state index < -0.39 is 28.7 Å². The lowest BCUT2D eigenvalue weighted by atomic mass is 9.64. The Bertz CT molecular complexity index is 569. The van der Waals surface area contributed by atoms with Crippen LogP contribution in [0.5, 0.6) is 0 Å². The topological polar surface area (TPSA) is 84.7 Å². The quantitative estimate of drug-likeness (QED) is 0.755. The van der Waals surface area contributed by atoms with Crippen molar-refractivity contribution in [3.8, 4) is 0 Å². The van der Waals surface area contributed by atoms with Gasteiger partial charge in [0.1, 0.15) is 5.72 Å². The van der Waals surface area contributed by atoms with Crippen molar-refractivity contribution in [2.45, 2.75) is 103 Å². The third kappa shape index (κ3) is 3.15. The molecule has 0 radical (unpaired) electrons. The average molecular weight is 368 g/mol. The van der Waals surface area contributed by atoms with Gasteiger partial charge in [-0.3, -0.25) is 9.59 Å². The monoisotopic (exact) mass is 367 g/mol. The molecule has 2 heterocycles. The summed E-state index contributed by atoms with van der Waals surface area (Å²) in [5.74, 6) is -1.27. The highest BCUT2D eigenvalue weighted by Gasteiger charge is 2.69. The van der Waals surface area contributed by atoms with Crippen molar-refractivity contribution < 1.29 is 14.3 Å². The van der Waals surface area contributed by atoms with Crippen LogP contribution in [0.1, 0.15) is 80.6 Å². The van der Waals surface area contributed by atoms with Crippen LogP contribution in [0.3, 0.4) is 0 Å². The SMILES string of the molecule is CCCCN1C(=O)C2(CC(C)(C)NC(C)(C)C2C(N)=O)OC1(CC)CC. The highest BCUT2D eigenvalue weighted by molar-refractivity contribution is 5.95. The maximum atomic E-state index is 13.8. The van der Waals surface area contributed by atoms with Crippen molar-refractivity contribution in [2.24, 2.45) is 11.7 Å². The summed E-state index contributed by atoms with van der Waals surface area (Å²) in [5, 5.41) is 3.50. The van der Waals surface area contributed by atoms with Crippen LogP contribution in [-0.4, -0.2) is 45.7 Å². The molecule has 2 amide bonds. The lowest BCUT2D eigenvalue weighted by Crippen LogP contribution is -2.74. The van der Waals surface area contributed by atoms with E-state index in [2.05, 4.69) is 26.1 Å². The number of ether oxygens (including phenoxy) is 1. The minimum atomic E-state index is -1.20. The maximum absolute atomic E-state index is 13.8. The van der Waals surface area contributed by atoms with Crippen LogP contribution in [0, 0.1) is 5.92 Å². The van der Waals surface area contributed by atoms with E-state index in [0.29, 0.717) is 25.8 Å². The number of primary amides is 1. The normalized spacial score (nSPS) is 32.2. The number of hydrogen-bond acceptors (Lipinski definition) is 4. The second kappa shape index (κ2) is 6.79. The lowest BCUT2D eigenvalue weighted by molar-refractivity contribution is -0.197. The van der Waals surface area contributed by atoms with E-state index in [1.807, 2.05) is 32.6 Å². The molecule has 2 aliphatic rings. The number of unbranched alkanes of at least 4 members (excludes halogenated alkanes) is 1. The Morgan fingerprint density at radius 3 is 2.27 bits per heavy atom. The van der Waals surface area contributed by atoms with E-state index >= 15 is 0 Å². The summed E-state index contributed by atoms with van der Waals surface area (Å²) in [4.78, 5) is 28.2. The second-order valence-electron chi connectivity index (χ2n) is 9.20. The van der Waals surface area contributed by atoms with Crippen LogP contribution < -0.4 is 11.1 Å². The van der Waals surface area contributed by atoms with Gasteiger partial charge in [-0.1, -0.05) is 27.2 Å². The summed E-state index contributed by atoms with van der Waals surface area (Å²) in [5.41, 5.74) is 2.98. The van der Waals surface area contributed by atoms with Gasteiger partial charge in [0.25, 0.3) is 5.91 Å². The first-order chi connectivity index (χ1) is 11.9. The summed E-state index contributed by atoms with van der Waals surface area (Å²) < 4.78 is 6.68. The third-order valence-electron chi connectivity index (χ3n) is 6.15. The Labute approximate surface area is 158 Å². The molecule has 3 N–H and O–H groups in total. The first kappa shape index (κ1) is 21.2. The van der Waals surface area contributed by atoms with Gasteiger partial charge in [0, 0.05) is 24.0 Å². The van der Waals surface area contributed by atoms with Crippen molar-refractivity contribution >= 4 is 11.8 Å². The number of piperidine rings is 1. The molecule has 0 saturated carbocycles. The van der Waals surface area contributed by atoms with Crippen LogP contribution in [0.2, 0.25) is 0 Å². The molecule has 0 aromatic rings. The highest BCUT2D eigenvalue weighted by Crippen LogP contribution is 2.52. The molecule has 26 heavy (non-hydrogen) atoms. The fourth-order valence-corrected chi connectivity index (χ4v) is 5.46. The van der Waals surface area contributed by atoms with Gasteiger partial charge in [-0.25, -0.2) is 0 Å². The predicted octanol–water partition coefficient (Wildman–Crippen LogP) is 2.55. The fraction of sp³-hybridized carbons (Fsp3) is 0.900. The summed E-state index contributed by atoms with van der Waals surface area (Å²) in [6, 6.07) is 0. The fourth-order valence-electron chi connectivity index (χ4n) is 5.46. The Kier molecular flexibility index (Phi) is 5.52. The number of nitrogens with two attached hydrogens (primary N) is 1. The molecular weight excluding hydrogens is 330 g/mol. The molecule has 6 heteroatoms. The Hall–Kier alpha value is -1.14. The molecule has 2 atom stereocenters. The van der Waals surface area contributed by atoms with Crippen molar-refractivity contribution in [3.05, 3.63) is 0 Å². The van der Waals surface area contributed by atoms with Crippen LogP contribution in [0.4, 0.5) is 0 Å². The van der Waals surface area contributed by atoms with Gasteiger partial charge >= 0.3 is 0 Å². The Morgan fingerprint density at radius 2 is 1.81 bits per heavy atom. The molecule has 0 aromatic carbocycles. The Balaban J connectivity index is 2.62. The molecule has 2 unspecified atom stereocenters. The molecule has 2 fully saturated rings. The zero-order valence-corrected chi connectivity index (χ0v) is 17.6. The Morgan fingerprint density at radius 1 is 1.23 bits per heavy atom. The van der Waals surface area contributed by atoms with Crippen molar-refractivity contribution in [2.75, 3.05) is 6.54 Å². The predicted molar refractivity (Wildman–Crippen MR) is 102 cm³/mol. The van der Waals surface area contributed by atoms with E-state index in [-0.39, 0.29) is 11.4 Å². The van der Waals surface area contributed by atoms with Crippen LogP contribution in [0.15, 0.2) is 0 Å². The summed E-state index contributed by atoms with van der Waals surface area (Å²) in [7, 11) is 0. The van der Waals surface area contributed by atoms with E-state index in [1.165, 1.54) is 0 Å². The van der Waals surface area contributed by atoms with Gasteiger partial charge in [0.2, 0.25) is 5.91 Å². The van der Waals surface area contributed by atoms with Crippen molar-refractivity contribution in [1.82, 2.24) is 10.2 Å². The van der Waals surface area contributed by atoms with Crippen molar-refractivity contribution in [1.29, 1.82) is 0 Å². The smallest absolute Gasteiger partial charge is 0.258 e. The van der Waals surface area contributed by atoms with Gasteiger partial charge in [-0.15, -0.1) is 0 Å². The van der Waals surface area contributed by atoms with Gasteiger partial charge in [-0.05, 0) is 47.0 Å². The third-order valence-corrected chi connectivity index (χ3v) is 6.15. The largest absolute Gasteiger partial charge is 0.369 e. The number of amides is 2. The average Bonchev–Trinajstić information content (AvgIpc) is 2.71. The van der Waals surface area contributed by atoms with Gasteiger partial charge in [-0.2, -0.15) is 0 Å². The van der Waals surface area contributed by atoms with Crippen LogP contribution in [-0.2, 0) is 14.3 Å². The summed E-state index contributed by atoms with van der Waals surface area (Å²) in [6.07, 6.45) is 3.73. The first-order valence-corrected chi connectivity index (χ1v) is 10.0. The number of carbonyl (C=O) groups excluding carboxylic acids is 2. The summed E-state index contributed by atoms with van der Waals surface area (Å²) >= 11 is 0. The number of carbonyl (C=O) groups is 2. The number of nitrogens with zero attached hydrogens (tertiary/aromatic N) is 1. The zero-order chi connectivity index (χ0) is 20.0. The minimum Gasteiger partial charge on any atom is -0.369 e. The van der Waals surface area contributed by atoms with Gasteiger partial charge < -0.3 is 20.7 Å². The first-order valence-electron chi connectivity index (χ1n) is 10.0. The molecule has 1 spiro atoms. The lowest BCUT2D eigenvalue weighted by Gasteiger charge is -2.54. The van der Waals surface area contributed by atoms with Gasteiger partial charge in [0.05, 0.1) is 5.92 Å². The maximum Gasteiger partial charge on any atom is 0.258 e. The standard InChI is InChI=1S/C20H37N3O3/c1-8-11-12-23-16(25)20(26-19(23,9-2)10-3)13-17(4,5)22-18(6,7)14(20)15(21)24/h14,22H,8-13H2,1-7H3,(H2,21,24). The van der Waals surface area contributed by atoms with Gasteiger partial charge in [0.15, 0.2) is 5.60 Å². The molecule has 150 valence electrons. The van der Waals surface area contributed by atoms with E-state index in [1.54, 1.807) is 0 Å². The molecule has 2 aliphatic heterocycles. The highest BCUT2D eigenvalue weighted by atomic mass is 16.6. The van der Waals surface area contributed by atoms with Crippen LogP contribution >= 0.6 is 0 Å². The molecule has 6 nitrogen and oxygen atoms in total. The molecule has 2 saturated heterocycles. The molecule has 0 aromatic heterocycles. The van der Waals surface area contributed by atoms with Crippen LogP contribution in [0.25, 0.3) is 0 Å². The summed E-state index contributed by atoms with van der Waals surface area (Å²) in [6.45, 7) is 14.8.